The lowest BCUT2D eigenvalue weighted by atomic mass is 10.0. The number of fused-ring (bicyclic) bond motifs is 6. The molecule has 0 spiro atoms. The summed E-state index contributed by atoms with van der Waals surface area (Å²) in [5.41, 5.74) is 1.07. The molecule has 3 aromatic carbocycles. The van der Waals surface area contributed by atoms with Gasteiger partial charge in [0.15, 0.2) is 0 Å². The molecule has 7 rings (SSSR count). The van der Waals surface area contributed by atoms with E-state index >= 15 is 0 Å². The fourth-order valence-electron chi connectivity index (χ4n) is 5.97. The predicted molar refractivity (Wildman–Crippen MR) is 158 cm³/mol. The molecule has 13 heteroatoms. The number of aromatic nitrogens is 3. The van der Waals surface area contributed by atoms with Crippen molar-refractivity contribution in [3.63, 3.8) is 0 Å². The zero-order valence-electron chi connectivity index (χ0n) is 21.2. The van der Waals surface area contributed by atoms with Crippen molar-refractivity contribution in [1.29, 1.82) is 0 Å². The average molecular weight is 590 g/mol. The van der Waals surface area contributed by atoms with Gasteiger partial charge in [-0.1, -0.05) is 23.7 Å². The molecule has 11 nitrogen and oxygen atoms in total. The van der Waals surface area contributed by atoms with E-state index < -0.39 is 16.3 Å². The number of aromatic carboxylic acids is 1. The minimum atomic E-state index is -1.35. The number of benzene rings is 3. The summed E-state index contributed by atoms with van der Waals surface area (Å²) in [5.74, 6) is -1.35. The van der Waals surface area contributed by atoms with Gasteiger partial charge in [0.25, 0.3) is 5.69 Å². The molecule has 1 aliphatic rings. The van der Waals surface area contributed by atoms with Crippen molar-refractivity contribution in [2.75, 3.05) is 18.0 Å². The number of hydrogen-bond donors (Lipinski definition) is 2. The molecule has 0 radical (unpaired) electrons. The number of aromatic amines is 1. The lowest BCUT2D eigenvalue weighted by molar-refractivity contribution is -0.384. The molecule has 0 bridgehead atoms. The second-order valence-corrected chi connectivity index (χ2v) is 11.5. The number of piperidine rings is 1. The van der Waals surface area contributed by atoms with Crippen molar-refractivity contribution in [3.8, 4) is 0 Å². The standard InChI is InChI=1S/C28H20ClN5O6S/c29-14-5-6-18-17(11-14)30-28(38)32(18)15-7-9-31(10-8-15)21-12-16-20(13-22(21)34(39)40)33-19-3-1-2-4-23(19)41-26(33)24(25(16)35)27(36)37/h1-6,11-13,15H,7-10H2,(H,30,38)(H,36,37). The zero-order valence-corrected chi connectivity index (χ0v) is 22.7. The van der Waals surface area contributed by atoms with Crippen LogP contribution in [0.4, 0.5) is 11.4 Å². The van der Waals surface area contributed by atoms with Crippen LogP contribution in [0.1, 0.15) is 29.2 Å². The fourth-order valence-corrected chi connectivity index (χ4v) is 7.33. The van der Waals surface area contributed by atoms with Gasteiger partial charge in [-0.05, 0) is 49.2 Å². The number of anilines is 1. The summed E-state index contributed by atoms with van der Waals surface area (Å²) in [6.07, 6.45) is 1.05. The van der Waals surface area contributed by atoms with E-state index in [9.17, 15) is 29.6 Å². The van der Waals surface area contributed by atoms with Gasteiger partial charge in [0.05, 0.1) is 31.7 Å². The summed E-state index contributed by atoms with van der Waals surface area (Å²) in [5, 5.41) is 22.9. The number of imidazole rings is 1. The number of carboxylic acid groups (broad SMARTS) is 1. The third kappa shape index (κ3) is 3.82. The van der Waals surface area contributed by atoms with Gasteiger partial charge in [-0.25, -0.2) is 9.59 Å². The van der Waals surface area contributed by atoms with Crippen molar-refractivity contribution < 1.29 is 14.8 Å². The number of pyridine rings is 1. The molecule has 0 unspecified atom stereocenters. The summed E-state index contributed by atoms with van der Waals surface area (Å²) >= 11 is 7.24. The van der Waals surface area contributed by atoms with Gasteiger partial charge >= 0.3 is 11.7 Å². The van der Waals surface area contributed by atoms with Gasteiger partial charge in [0.2, 0.25) is 5.43 Å². The molecule has 41 heavy (non-hydrogen) atoms. The number of hydrogen-bond acceptors (Lipinski definition) is 7. The Hall–Kier alpha value is -4.68. The van der Waals surface area contributed by atoms with Crippen LogP contribution in [-0.2, 0) is 0 Å². The molecule has 206 valence electrons. The molecule has 0 atom stereocenters. The quantitative estimate of drug-likeness (QED) is 0.207. The van der Waals surface area contributed by atoms with Crippen LogP contribution < -0.4 is 16.0 Å². The number of H-pyrrole nitrogens is 1. The lowest BCUT2D eigenvalue weighted by Crippen LogP contribution is -2.37. The molecule has 3 aromatic heterocycles. The summed E-state index contributed by atoms with van der Waals surface area (Å²) < 4.78 is 4.08. The largest absolute Gasteiger partial charge is 0.477 e. The smallest absolute Gasteiger partial charge is 0.342 e. The van der Waals surface area contributed by atoms with E-state index in [0.29, 0.717) is 42.0 Å². The number of nitro groups is 1. The maximum atomic E-state index is 13.5. The van der Waals surface area contributed by atoms with E-state index in [1.807, 2.05) is 17.0 Å². The van der Waals surface area contributed by atoms with Crippen LogP contribution in [0.5, 0.6) is 0 Å². The molecule has 1 saturated heterocycles. The van der Waals surface area contributed by atoms with Crippen LogP contribution >= 0.6 is 22.9 Å². The van der Waals surface area contributed by atoms with E-state index in [4.69, 9.17) is 11.6 Å². The van der Waals surface area contributed by atoms with Crippen molar-refractivity contribution in [3.05, 3.63) is 96.0 Å². The second-order valence-electron chi connectivity index (χ2n) is 10.0. The highest BCUT2D eigenvalue weighted by Crippen LogP contribution is 2.38. The summed E-state index contributed by atoms with van der Waals surface area (Å²) in [7, 11) is 0. The van der Waals surface area contributed by atoms with Crippen LogP contribution in [-0.4, -0.2) is 43.0 Å². The molecule has 2 N–H and O–H groups in total. The Kier molecular flexibility index (Phi) is 5.66. The Balaban J connectivity index is 1.35. The first-order valence-corrected chi connectivity index (χ1v) is 14.0. The summed E-state index contributed by atoms with van der Waals surface area (Å²) in [4.78, 5) is 55.3. The van der Waals surface area contributed by atoms with Crippen LogP contribution in [0.15, 0.2) is 64.2 Å². The molecule has 4 heterocycles. The third-order valence-corrected chi connectivity index (χ3v) is 9.17. The van der Waals surface area contributed by atoms with Crippen LogP contribution in [0, 0.1) is 10.1 Å². The van der Waals surface area contributed by atoms with Gasteiger partial charge in [0, 0.05) is 35.6 Å². The monoisotopic (exact) mass is 589 g/mol. The SMILES string of the molecule is O=C(O)c1c(=O)c2cc(N3CCC(n4c(=O)[nH]c5cc(Cl)ccc54)CC3)c([N+](=O)[O-])cc2n2c1sc1ccccc12. The minimum absolute atomic E-state index is 0.0934. The Morgan fingerprint density at radius 2 is 1.80 bits per heavy atom. The van der Waals surface area contributed by atoms with E-state index in [-0.39, 0.29) is 44.4 Å². The number of nitrogens with zero attached hydrogens (tertiary/aromatic N) is 4. The first kappa shape index (κ1) is 25.3. The highest BCUT2D eigenvalue weighted by molar-refractivity contribution is 7.24. The van der Waals surface area contributed by atoms with Crippen LogP contribution in [0.25, 0.3) is 37.0 Å². The topological polar surface area (TPSA) is 143 Å². The summed E-state index contributed by atoms with van der Waals surface area (Å²) in [6, 6.07) is 15.1. The highest BCUT2D eigenvalue weighted by Gasteiger charge is 2.30. The molecule has 0 saturated carbocycles. The summed E-state index contributed by atoms with van der Waals surface area (Å²) in [6.45, 7) is 0.779. The van der Waals surface area contributed by atoms with Crippen molar-refractivity contribution >= 4 is 77.3 Å². The molecule has 0 amide bonds. The second kappa shape index (κ2) is 9.18. The van der Waals surface area contributed by atoms with Gasteiger partial charge in [-0.3, -0.25) is 23.9 Å². The predicted octanol–water partition coefficient (Wildman–Crippen LogP) is 5.41. The number of halogens is 1. The highest BCUT2D eigenvalue weighted by atomic mass is 35.5. The van der Waals surface area contributed by atoms with Crippen molar-refractivity contribution in [2.45, 2.75) is 18.9 Å². The molecule has 6 aromatic rings. The minimum Gasteiger partial charge on any atom is -0.477 e. The van der Waals surface area contributed by atoms with Crippen molar-refractivity contribution in [2.24, 2.45) is 0 Å². The van der Waals surface area contributed by atoms with E-state index in [2.05, 4.69) is 4.98 Å². The molecular formula is C28H20ClN5O6S. The van der Waals surface area contributed by atoms with Crippen LogP contribution in [0.3, 0.4) is 0 Å². The number of thiazole rings is 1. The maximum Gasteiger partial charge on any atom is 0.342 e. The number of nitro benzene ring substituents is 1. The fraction of sp³-hybridized carbons (Fsp3) is 0.179. The number of nitrogens with one attached hydrogen (secondary N) is 1. The maximum absolute atomic E-state index is 13.5. The Bertz CT molecular complexity index is 2210. The van der Waals surface area contributed by atoms with Gasteiger partial charge in [-0.2, -0.15) is 0 Å². The van der Waals surface area contributed by atoms with Gasteiger partial charge in [0.1, 0.15) is 16.1 Å². The number of carboxylic acids is 1. The molecule has 0 aliphatic carbocycles. The zero-order chi connectivity index (χ0) is 28.6. The van der Waals surface area contributed by atoms with Crippen molar-refractivity contribution in [1.82, 2.24) is 14.0 Å². The van der Waals surface area contributed by atoms with E-state index in [1.54, 1.807) is 39.3 Å². The average Bonchev–Trinajstić information content (AvgIpc) is 3.48. The Morgan fingerprint density at radius 1 is 1.05 bits per heavy atom. The number of carbonyl (C=O) groups is 1. The Labute approximate surface area is 238 Å². The lowest BCUT2D eigenvalue weighted by Gasteiger charge is -2.34. The molecule has 1 fully saturated rings. The molecule has 1 aliphatic heterocycles. The van der Waals surface area contributed by atoms with Gasteiger partial charge in [-0.15, -0.1) is 11.3 Å². The number of para-hydroxylation sites is 1. The first-order valence-electron chi connectivity index (χ1n) is 12.8. The first-order chi connectivity index (χ1) is 19.7. The third-order valence-electron chi connectivity index (χ3n) is 7.79. The Morgan fingerprint density at radius 3 is 2.54 bits per heavy atom. The van der Waals surface area contributed by atoms with E-state index in [1.165, 1.54) is 12.1 Å². The normalized spacial score (nSPS) is 14.5. The van der Waals surface area contributed by atoms with Gasteiger partial charge < -0.3 is 15.0 Å². The van der Waals surface area contributed by atoms with Crippen LogP contribution in [0.2, 0.25) is 5.02 Å². The number of rotatable bonds is 4. The molecular weight excluding hydrogens is 570 g/mol. The van der Waals surface area contributed by atoms with E-state index in [0.717, 1.165) is 21.6 Å².